The summed E-state index contributed by atoms with van der Waals surface area (Å²) in [6, 6.07) is 8.31. The molecule has 134 valence electrons. The number of likely N-dealkylation sites (tertiary alicyclic amines) is 1. The first-order chi connectivity index (χ1) is 12.6. The maximum Gasteiger partial charge on any atom is 0.223 e. The lowest BCUT2D eigenvalue weighted by molar-refractivity contribution is -0.121. The smallest absolute Gasteiger partial charge is 0.223 e. The van der Waals surface area contributed by atoms with Gasteiger partial charge < -0.3 is 9.84 Å². The third-order valence-corrected chi connectivity index (χ3v) is 4.88. The predicted molar refractivity (Wildman–Crippen MR) is 96.2 cm³/mol. The van der Waals surface area contributed by atoms with Crippen LogP contribution in [0.2, 0.25) is 0 Å². The highest BCUT2D eigenvalue weighted by molar-refractivity contribution is 5.84. The molecule has 0 bridgehead atoms. The van der Waals surface area contributed by atoms with E-state index in [0.717, 1.165) is 24.9 Å². The predicted octanol–water partition coefficient (Wildman–Crippen LogP) is 2.16. The summed E-state index contributed by atoms with van der Waals surface area (Å²) in [4.78, 5) is 22.7. The highest BCUT2D eigenvalue weighted by atomic mass is 16.5. The average Bonchev–Trinajstić information content (AvgIpc) is 3.22. The van der Waals surface area contributed by atoms with Crippen LogP contribution in [0.3, 0.4) is 0 Å². The van der Waals surface area contributed by atoms with E-state index < -0.39 is 5.54 Å². The average molecular weight is 351 g/mol. The second-order valence-electron chi connectivity index (χ2n) is 6.87. The largest absolute Gasteiger partial charge is 0.342 e. The third kappa shape index (κ3) is 3.06. The Balaban J connectivity index is 1.60. The molecule has 3 aromatic rings. The van der Waals surface area contributed by atoms with E-state index in [0.29, 0.717) is 18.3 Å². The quantitative estimate of drug-likeness (QED) is 0.775. The molecular formula is C19H21N5O2. The van der Waals surface area contributed by atoms with Crippen LogP contribution in [0.25, 0.3) is 10.8 Å². The summed E-state index contributed by atoms with van der Waals surface area (Å²) in [5.74, 6) is 0.963. The van der Waals surface area contributed by atoms with Gasteiger partial charge in [-0.25, -0.2) is 0 Å². The topological polar surface area (TPSA) is 84.2 Å². The molecule has 26 heavy (non-hydrogen) atoms. The van der Waals surface area contributed by atoms with Crippen LogP contribution in [0, 0.1) is 6.92 Å². The van der Waals surface area contributed by atoms with Gasteiger partial charge in [-0.2, -0.15) is 4.98 Å². The van der Waals surface area contributed by atoms with Gasteiger partial charge in [-0.15, -0.1) is 0 Å². The fourth-order valence-electron chi connectivity index (χ4n) is 3.76. The van der Waals surface area contributed by atoms with Gasteiger partial charge in [-0.1, -0.05) is 23.4 Å². The summed E-state index contributed by atoms with van der Waals surface area (Å²) in [5, 5.41) is 9.48. The van der Waals surface area contributed by atoms with Gasteiger partial charge in [0.1, 0.15) is 5.54 Å². The van der Waals surface area contributed by atoms with Crippen LogP contribution in [-0.2, 0) is 16.9 Å². The first kappa shape index (κ1) is 16.7. The van der Waals surface area contributed by atoms with Crippen molar-refractivity contribution in [2.75, 3.05) is 13.1 Å². The van der Waals surface area contributed by atoms with E-state index in [2.05, 4.69) is 43.5 Å². The Kier molecular flexibility index (Phi) is 4.16. The number of pyridine rings is 1. The fraction of sp³-hybridized carbons (Fsp3) is 0.368. The number of hydrogen-bond acceptors (Lipinski definition) is 6. The Morgan fingerprint density at radius 2 is 2.27 bits per heavy atom. The molecule has 0 spiro atoms. The molecule has 2 aromatic heterocycles. The molecule has 7 nitrogen and oxygen atoms in total. The molecule has 1 atom stereocenters. The second kappa shape index (κ2) is 6.49. The highest BCUT2D eigenvalue weighted by Crippen LogP contribution is 2.32. The normalized spacial score (nSPS) is 20.5. The van der Waals surface area contributed by atoms with Gasteiger partial charge in [0.15, 0.2) is 5.82 Å². The van der Waals surface area contributed by atoms with Crippen molar-refractivity contribution < 1.29 is 9.32 Å². The molecule has 1 amide bonds. The van der Waals surface area contributed by atoms with Gasteiger partial charge in [0.05, 0.1) is 0 Å². The molecule has 3 heterocycles. The zero-order valence-corrected chi connectivity index (χ0v) is 14.9. The van der Waals surface area contributed by atoms with Crippen molar-refractivity contribution in [1.82, 2.24) is 25.3 Å². The first-order valence-electron chi connectivity index (χ1n) is 8.69. The van der Waals surface area contributed by atoms with Crippen LogP contribution in [0.5, 0.6) is 0 Å². The Labute approximate surface area is 151 Å². The van der Waals surface area contributed by atoms with E-state index >= 15 is 0 Å². The third-order valence-electron chi connectivity index (χ3n) is 4.88. The lowest BCUT2D eigenvalue weighted by Crippen LogP contribution is -2.47. The molecule has 7 heteroatoms. The molecule has 1 fully saturated rings. The summed E-state index contributed by atoms with van der Waals surface area (Å²) in [6.07, 6.45) is 4.45. The maximum absolute atomic E-state index is 11.8. The summed E-state index contributed by atoms with van der Waals surface area (Å²) in [5.41, 5.74) is 0.642. The summed E-state index contributed by atoms with van der Waals surface area (Å²) in [7, 11) is 0. The van der Waals surface area contributed by atoms with Gasteiger partial charge in [-0.3, -0.25) is 14.7 Å². The van der Waals surface area contributed by atoms with Gasteiger partial charge in [0, 0.05) is 51.3 Å². The molecule has 1 aromatic carbocycles. The van der Waals surface area contributed by atoms with Crippen LogP contribution < -0.4 is 5.32 Å². The van der Waals surface area contributed by atoms with Crippen LogP contribution in [0.1, 0.15) is 30.6 Å². The zero-order valence-electron chi connectivity index (χ0n) is 14.9. The number of fused-ring (bicyclic) bond motifs is 1. The molecule has 0 radical (unpaired) electrons. The fourth-order valence-corrected chi connectivity index (χ4v) is 3.76. The molecular weight excluding hydrogens is 330 g/mol. The Morgan fingerprint density at radius 3 is 3.04 bits per heavy atom. The molecule has 1 aliphatic heterocycles. The molecule has 4 rings (SSSR count). The van der Waals surface area contributed by atoms with Crippen molar-refractivity contribution in [3.8, 4) is 0 Å². The molecule has 0 saturated carbocycles. The molecule has 1 saturated heterocycles. The molecule has 1 N–H and O–H groups in total. The summed E-state index contributed by atoms with van der Waals surface area (Å²) < 4.78 is 5.16. The molecule has 0 aliphatic carbocycles. The summed E-state index contributed by atoms with van der Waals surface area (Å²) in [6.45, 7) is 5.56. The SMILES string of the molecule is CC(=O)NC1(c2noc(C)n2)CCN(Cc2cccc3cnccc23)C1. The molecule has 1 aliphatic rings. The minimum absolute atomic E-state index is 0.0921. The number of aromatic nitrogens is 3. The lowest BCUT2D eigenvalue weighted by Gasteiger charge is -2.27. The van der Waals surface area contributed by atoms with E-state index in [1.807, 2.05) is 18.5 Å². The van der Waals surface area contributed by atoms with Gasteiger partial charge >= 0.3 is 0 Å². The Bertz CT molecular complexity index is 949. The lowest BCUT2D eigenvalue weighted by atomic mass is 9.97. The van der Waals surface area contributed by atoms with E-state index in [1.54, 1.807) is 6.92 Å². The van der Waals surface area contributed by atoms with E-state index in [9.17, 15) is 4.79 Å². The number of rotatable bonds is 4. The second-order valence-corrected chi connectivity index (χ2v) is 6.87. The number of benzene rings is 1. The van der Waals surface area contributed by atoms with Crippen molar-refractivity contribution in [3.05, 3.63) is 53.9 Å². The Morgan fingerprint density at radius 1 is 1.38 bits per heavy atom. The van der Waals surface area contributed by atoms with Crippen molar-refractivity contribution >= 4 is 16.7 Å². The van der Waals surface area contributed by atoms with E-state index in [4.69, 9.17) is 4.52 Å². The number of carbonyl (C=O) groups is 1. The maximum atomic E-state index is 11.8. The number of nitrogens with zero attached hydrogens (tertiary/aromatic N) is 4. The Hall–Kier alpha value is -2.80. The minimum atomic E-state index is -0.601. The van der Waals surface area contributed by atoms with Gasteiger partial charge in [0.25, 0.3) is 0 Å². The van der Waals surface area contributed by atoms with Crippen LogP contribution in [-0.4, -0.2) is 39.0 Å². The van der Waals surface area contributed by atoms with Crippen molar-refractivity contribution in [2.24, 2.45) is 0 Å². The number of hydrogen-bond donors (Lipinski definition) is 1. The van der Waals surface area contributed by atoms with Crippen LogP contribution in [0.15, 0.2) is 41.2 Å². The summed E-state index contributed by atoms with van der Waals surface area (Å²) >= 11 is 0. The minimum Gasteiger partial charge on any atom is -0.342 e. The number of carbonyl (C=O) groups excluding carboxylic acids is 1. The monoisotopic (exact) mass is 351 g/mol. The van der Waals surface area contributed by atoms with E-state index in [-0.39, 0.29) is 5.91 Å². The van der Waals surface area contributed by atoms with Crippen molar-refractivity contribution in [3.63, 3.8) is 0 Å². The van der Waals surface area contributed by atoms with Gasteiger partial charge in [-0.05, 0) is 23.4 Å². The molecule has 1 unspecified atom stereocenters. The van der Waals surface area contributed by atoms with Gasteiger partial charge in [0.2, 0.25) is 11.8 Å². The number of amides is 1. The van der Waals surface area contributed by atoms with Crippen LogP contribution >= 0.6 is 0 Å². The first-order valence-corrected chi connectivity index (χ1v) is 8.69. The standard InChI is InChI=1S/C19H21N5O2/c1-13(25)22-19(18-21-14(2)26-23-18)7-9-24(12-19)11-16-5-3-4-15-10-20-8-6-17(15)16/h3-6,8,10H,7,9,11-12H2,1-2H3,(H,22,25). The van der Waals surface area contributed by atoms with Crippen molar-refractivity contribution in [2.45, 2.75) is 32.4 Å². The number of aryl methyl sites for hydroxylation is 1. The van der Waals surface area contributed by atoms with Crippen molar-refractivity contribution in [1.29, 1.82) is 0 Å². The van der Waals surface area contributed by atoms with E-state index in [1.165, 1.54) is 17.9 Å². The van der Waals surface area contributed by atoms with Crippen LogP contribution in [0.4, 0.5) is 0 Å². The highest BCUT2D eigenvalue weighted by Gasteiger charge is 2.44. The zero-order chi connectivity index (χ0) is 18.1. The number of nitrogens with one attached hydrogen (secondary N) is 1.